The van der Waals surface area contributed by atoms with E-state index < -0.39 is 0 Å². The van der Waals surface area contributed by atoms with E-state index in [2.05, 4.69) is 45.6 Å². The second-order valence-electron chi connectivity index (χ2n) is 1.54. The van der Waals surface area contributed by atoms with Gasteiger partial charge in [-0.25, -0.2) is 0 Å². The van der Waals surface area contributed by atoms with Crippen LogP contribution in [-0.4, -0.2) is 6.54 Å². The zero-order chi connectivity index (χ0) is 7.54. The molecular weight excluding hydrogens is 523 g/mol. The van der Waals surface area contributed by atoms with Crippen LogP contribution >= 0.6 is 38.7 Å². The van der Waals surface area contributed by atoms with E-state index in [4.69, 9.17) is 5.73 Å². The van der Waals surface area contributed by atoms with Gasteiger partial charge in [0.2, 0.25) is 0 Å². The molecule has 0 unspecified atom stereocenters. The van der Waals surface area contributed by atoms with Crippen molar-refractivity contribution in [2.24, 2.45) is 5.73 Å². The van der Waals surface area contributed by atoms with Gasteiger partial charge in [0, 0.05) is 0 Å². The molecule has 0 saturated heterocycles. The van der Waals surface area contributed by atoms with E-state index >= 15 is 0 Å². The van der Waals surface area contributed by atoms with Gasteiger partial charge in [-0.05, 0) is 13.0 Å². The molecule has 0 amide bonds. The van der Waals surface area contributed by atoms with Crippen LogP contribution in [0.2, 0.25) is 0 Å². The minimum atomic E-state index is 0.523. The summed E-state index contributed by atoms with van der Waals surface area (Å²) >= 11 is 5.30. The Morgan fingerprint density at radius 3 is 1.89 bits per heavy atom. The molecule has 0 aromatic heterocycles. The van der Waals surface area contributed by atoms with E-state index in [0.717, 1.165) is 6.54 Å². The van der Waals surface area contributed by atoms with Crippen LogP contribution < -0.4 is 5.73 Å². The molecule has 0 aromatic carbocycles. The van der Waals surface area contributed by atoms with Crippen molar-refractivity contribution in [3.05, 3.63) is 0 Å². The van der Waals surface area contributed by atoms with Crippen molar-refractivity contribution in [3.8, 4) is 0 Å². The molecule has 0 rings (SSSR count). The fourth-order valence-corrected chi connectivity index (χ4v) is 0.394. The maximum atomic E-state index is 5.21. The first-order valence-corrected chi connectivity index (χ1v) is 15.7. The van der Waals surface area contributed by atoms with Crippen LogP contribution in [0.25, 0.3) is 0 Å². The number of hydrogen-bond acceptors (Lipinski definition) is 1. The van der Waals surface area contributed by atoms with E-state index in [-0.39, 0.29) is 0 Å². The maximum absolute atomic E-state index is 5.21. The molecule has 0 aliphatic carbocycles. The Hall–Kier alpha value is 2.11. The summed E-state index contributed by atoms with van der Waals surface area (Å²) in [5.74, 6) is 0. The number of nitrogens with two attached hydrogens (primary N) is 1. The van der Waals surface area contributed by atoms with Gasteiger partial charge >= 0.3 is 49.9 Å². The second-order valence-corrected chi connectivity index (χ2v) is 18.1. The van der Waals surface area contributed by atoms with E-state index in [9.17, 15) is 0 Å². The standard InChI is InChI=1S/C5H13N.2HI.Pt/c1-2-3-4-5-6;;;/h2-6H2,1H3;2*1H;/q;;;+2/p-2. The molecule has 9 heavy (non-hydrogen) atoms. The molecular formula is C5H13I2NPt. The Balaban J connectivity index is 0. The van der Waals surface area contributed by atoms with Crippen molar-refractivity contribution in [1.29, 1.82) is 0 Å². The van der Waals surface area contributed by atoms with Crippen molar-refractivity contribution in [2.45, 2.75) is 26.2 Å². The van der Waals surface area contributed by atoms with Crippen molar-refractivity contribution in [3.63, 3.8) is 0 Å². The SMILES string of the molecule is CCCCCN.[I][Pt][I]. The van der Waals surface area contributed by atoms with Crippen LogP contribution in [-0.2, 0) is 11.2 Å². The van der Waals surface area contributed by atoms with E-state index in [1.165, 1.54) is 19.3 Å². The quantitative estimate of drug-likeness (QED) is 0.436. The zero-order valence-electron chi connectivity index (χ0n) is 5.48. The van der Waals surface area contributed by atoms with Gasteiger partial charge < -0.3 is 5.73 Å². The first-order valence-electron chi connectivity index (χ1n) is 2.85. The Bertz CT molecular complexity index is 34.1. The van der Waals surface area contributed by atoms with Gasteiger partial charge in [0.15, 0.2) is 0 Å². The summed E-state index contributed by atoms with van der Waals surface area (Å²) in [4.78, 5) is 0. The van der Waals surface area contributed by atoms with E-state index in [1.54, 1.807) is 0 Å². The molecule has 0 heterocycles. The van der Waals surface area contributed by atoms with Gasteiger partial charge in [-0.15, -0.1) is 0 Å². The fourth-order valence-electron chi connectivity index (χ4n) is 0.394. The monoisotopic (exact) mass is 536 g/mol. The summed E-state index contributed by atoms with van der Waals surface area (Å²) in [6.45, 7) is 3.03. The van der Waals surface area contributed by atoms with Crippen molar-refractivity contribution < 1.29 is 11.2 Å². The summed E-state index contributed by atoms with van der Waals surface area (Å²) in [6.07, 6.45) is 3.75. The summed E-state index contributed by atoms with van der Waals surface area (Å²) < 4.78 is 0. The minimum absolute atomic E-state index is 0.523. The number of hydrogen-bond donors (Lipinski definition) is 1. The average molecular weight is 536 g/mol. The number of halogens is 2. The Morgan fingerprint density at radius 1 is 1.33 bits per heavy atom. The predicted molar refractivity (Wildman–Crippen MR) is 56.6 cm³/mol. The molecule has 0 aliphatic heterocycles. The molecule has 0 radical (unpaired) electrons. The molecule has 0 aromatic rings. The molecule has 0 aliphatic rings. The number of unbranched alkanes of at least 4 members (excludes halogenated alkanes) is 2. The van der Waals surface area contributed by atoms with Crippen molar-refractivity contribution in [1.82, 2.24) is 0 Å². The van der Waals surface area contributed by atoms with Crippen molar-refractivity contribution in [2.75, 3.05) is 6.54 Å². The van der Waals surface area contributed by atoms with Gasteiger partial charge in [-0.2, -0.15) is 0 Å². The van der Waals surface area contributed by atoms with Gasteiger partial charge in [0.25, 0.3) is 0 Å². The molecule has 0 spiro atoms. The van der Waals surface area contributed by atoms with Crippen LogP contribution in [0.4, 0.5) is 0 Å². The molecule has 0 bridgehead atoms. The Labute approximate surface area is 87.1 Å². The topological polar surface area (TPSA) is 26.0 Å². The summed E-state index contributed by atoms with van der Waals surface area (Å²) in [5, 5.41) is 0. The second kappa shape index (κ2) is 16.6. The normalized spacial score (nSPS) is 8.44. The van der Waals surface area contributed by atoms with Gasteiger partial charge in [0.05, 0.1) is 0 Å². The van der Waals surface area contributed by atoms with Gasteiger partial charge in [0.1, 0.15) is 0 Å². The van der Waals surface area contributed by atoms with E-state index in [0.29, 0.717) is 11.2 Å². The summed E-state index contributed by atoms with van der Waals surface area (Å²) in [5.41, 5.74) is 5.21. The Morgan fingerprint density at radius 2 is 1.78 bits per heavy atom. The third-order valence-electron chi connectivity index (χ3n) is 0.808. The molecule has 1 nitrogen and oxygen atoms in total. The van der Waals surface area contributed by atoms with Crippen LogP contribution in [0.5, 0.6) is 0 Å². The molecule has 0 fully saturated rings. The Kier molecular flexibility index (Phi) is 25.2. The van der Waals surface area contributed by atoms with Crippen LogP contribution in [0, 0.1) is 0 Å². The average Bonchev–Trinajstić information content (AvgIpc) is 1.86. The molecule has 0 atom stereocenters. The van der Waals surface area contributed by atoms with Crippen LogP contribution in [0.1, 0.15) is 26.2 Å². The molecule has 4 heteroatoms. The molecule has 0 saturated carbocycles. The molecule has 62 valence electrons. The number of rotatable bonds is 3. The third-order valence-corrected chi connectivity index (χ3v) is 0.808. The third kappa shape index (κ3) is 25.5. The first-order chi connectivity index (χ1) is 4.33. The van der Waals surface area contributed by atoms with Gasteiger partial charge in [-0.1, -0.05) is 19.8 Å². The zero-order valence-corrected chi connectivity index (χ0v) is 12.1. The summed E-state index contributed by atoms with van der Waals surface area (Å²) in [7, 11) is 0. The van der Waals surface area contributed by atoms with Crippen LogP contribution in [0.3, 0.4) is 0 Å². The van der Waals surface area contributed by atoms with E-state index in [1.807, 2.05) is 0 Å². The van der Waals surface area contributed by atoms with Crippen molar-refractivity contribution >= 4 is 38.7 Å². The predicted octanol–water partition coefficient (Wildman–Crippen LogP) is 2.90. The fraction of sp³-hybridized carbons (Fsp3) is 1.00. The molecule has 2 N–H and O–H groups in total. The summed E-state index contributed by atoms with van der Waals surface area (Å²) in [6, 6.07) is 0. The van der Waals surface area contributed by atoms with Crippen LogP contribution in [0.15, 0.2) is 0 Å². The first kappa shape index (κ1) is 13.7. The van der Waals surface area contributed by atoms with Gasteiger partial charge in [-0.3, -0.25) is 0 Å².